The standard InChI is InChI=1S/C18H29FN2/c1-13(2)8-18(21(3)4)12-20-17-10-15(11-17)14-6-5-7-16(19)9-14/h5-7,9,13,15,17-18,20H,8,10-12H2,1-4H3. The van der Waals surface area contributed by atoms with E-state index in [-0.39, 0.29) is 5.82 Å². The van der Waals surface area contributed by atoms with Crippen molar-refractivity contribution in [2.45, 2.75) is 51.1 Å². The summed E-state index contributed by atoms with van der Waals surface area (Å²) in [6.45, 7) is 5.60. The molecule has 1 aliphatic carbocycles. The Morgan fingerprint density at radius 1 is 1.29 bits per heavy atom. The first-order valence-electron chi connectivity index (χ1n) is 8.11. The molecule has 1 fully saturated rings. The van der Waals surface area contributed by atoms with Gasteiger partial charge in [0.05, 0.1) is 0 Å². The molecule has 2 nitrogen and oxygen atoms in total. The van der Waals surface area contributed by atoms with Gasteiger partial charge in [-0.3, -0.25) is 0 Å². The van der Waals surface area contributed by atoms with Gasteiger partial charge in [0, 0.05) is 18.6 Å². The van der Waals surface area contributed by atoms with Crippen LogP contribution in [0.25, 0.3) is 0 Å². The van der Waals surface area contributed by atoms with Gasteiger partial charge in [-0.2, -0.15) is 0 Å². The van der Waals surface area contributed by atoms with E-state index in [1.807, 2.05) is 12.1 Å². The molecule has 0 aromatic heterocycles. The molecule has 0 spiro atoms. The summed E-state index contributed by atoms with van der Waals surface area (Å²) in [7, 11) is 4.32. The molecular formula is C18H29FN2. The molecule has 0 radical (unpaired) electrons. The Bertz CT molecular complexity index is 439. The number of nitrogens with one attached hydrogen (secondary N) is 1. The normalized spacial score (nSPS) is 23.4. The second-order valence-electron chi connectivity index (χ2n) is 7.08. The second-order valence-corrected chi connectivity index (χ2v) is 7.08. The molecule has 1 aliphatic rings. The zero-order valence-corrected chi connectivity index (χ0v) is 13.8. The highest BCUT2D eigenvalue weighted by Crippen LogP contribution is 2.37. The summed E-state index contributed by atoms with van der Waals surface area (Å²) in [5.41, 5.74) is 1.15. The molecule has 1 saturated carbocycles. The molecule has 1 unspecified atom stereocenters. The third-order valence-corrected chi connectivity index (χ3v) is 4.57. The van der Waals surface area contributed by atoms with Gasteiger partial charge >= 0.3 is 0 Å². The van der Waals surface area contributed by atoms with Crippen molar-refractivity contribution < 1.29 is 4.39 Å². The Labute approximate surface area is 128 Å². The van der Waals surface area contributed by atoms with E-state index in [2.05, 4.69) is 38.2 Å². The number of hydrogen-bond donors (Lipinski definition) is 1. The van der Waals surface area contributed by atoms with E-state index in [1.54, 1.807) is 6.07 Å². The molecule has 1 aromatic rings. The van der Waals surface area contributed by atoms with Crippen molar-refractivity contribution in [2.75, 3.05) is 20.6 Å². The lowest BCUT2D eigenvalue weighted by atomic mass is 9.76. The van der Waals surface area contributed by atoms with Crippen LogP contribution in [0.5, 0.6) is 0 Å². The summed E-state index contributed by atoms with van der Waals surface area (Å²) in [6, 6.07) is 8.25. The van der Waals surface area contributed by atoms with E-state index in [0.29, 0.717) is 18.0 Å². The molecule has 21 heavy (non-hydrogen) atoms. The Morgan fingerprint density at radius 3 is 2.57 bits per heavy atom. The van der Waals surface area contributed by atoms with Crippen molar-refractivity contribution in [2.24, 2.45) is 5.92 Å². The summed E-state index contributed by atoms with van der Waals surface area (Å²) < 4.78 is 13.2. The van der Waals surface area contributed by atoms with Gasteiger partial charge in [-0.05, 0) is 62.9 Å². The molecule has 1 aromatic carbocycles. The van der Waals surface area contributed by atoms with Gasteiger partial charge in [-0.25, -0.2) is 4.39 Å². The summed E-state index contributed by atoms with van der Waals surface area (Å²) >= 11 is 0. The van der Waals surface area contributed by atoms with Crippen LogP contribution in [0.15, 0.2) is 24.3 Å². The van der Waals surface area contributed by atoms with Crippen molar-refractivity contribution in [3.63, 3.8) is 0 Å². The quantitative estimate of drug-likeness (QED) is 0.825. The van der Waals surface area contributed by atoms with Crippen LogP contribution in [-0.2, 0) is 0 Å². The van der Waals surface area contributed by atoms with E-state index in [9.17, 15) is 4.39 Å². The first-order valence-corrected chi connectivity index (χ1v) is 8.11. The average Bonchev–Trinajstić information content (AvgIpc) is 2.34. The maximum atomic E-state index is 13.2. The largest absolute Gasteiger partial charge is 0.312 e. The van der Waals surface area contributed by atoms with Crippen molar-refractivity contribution in [3.8, 4) is 0 Å². The third kappa shape index (κ3) is 4.79. The fraction of sp³-hybridized carbons (Fsp3) is 0.667. The van der Waals surface area contributed by atoms with Gasteiger partial charge in [0.25, 0.3) is 0 Å². The fourth-order valence-electron chi connectivity index (χ4n) is 3.14. The van der Waals surface area contributed by atoms with Crippen LogP contribution in [0, 0.1) is 11.7 Å². The highest BCUT2D eigenvalue weighted by molar-refractivity contribution is 5.23. The fourth-order valence-corrected chi connectivity index (χ4v) is 3.14. The van der Waals surface area contributed by atoms with E-state index in [0.717, 1.165) is 30.9 Å². The van der Waals surface area contributed by atoms with Crippen LogP contribution in [0.3, 0.4) is 0 Å². The third-order valence-electron chi connectivity index (χ3n) is 4.57. The maximum Gasteiger partial charge on any atom is 0.123 e. The van der Waals surface area contributed by atoms with Gasteiger partial charge < -0.3 is 10.2 Å². The lowest BCUT2D eigenvalue weighted by molar-refractivity contribution is 0.214. The molecule has 118 valence electrons. The number of rotatable bonds is 7. The zero-order chi connectivity index (χ0) is 15.4. The summed E-state index contributed by atoms with van der Waals surface area (Å²) in [5.74, 6) is 1.13. The second kappa shape index (κ2) is 7.37. The summed E-state index contributed by atoms with van der Waals surface area (Å²) in [4.78, 5) is 2.32. The molecule has 3 heteroatoms. The van der Waals surface area contributed by atoms with Gasteiger partial charge in [0.2, 0.25) is 0 Å². The lowest BCUT2D eigenvalue weighted by Gasteiger charge is -2.38. The minimum absolute atomic E-state index is 0.117. The zero-order valence-electron chi connectivity index (χ0n) is 13.8. The van der Waals surface area contributed by atoms with E-state index in [4.69, 9.17) is 0 Å². The highest BCUT2D eigenvalue weighted by atomic mass is 19.1. The van der Waals surface area contributed by atoms with Crippen LogP contribution in [0.1, 0.15) is 44.6 Å². The van der Waals surface area contributed by atoms with Gasteiger partial charge in [-0.1, -0.05) is 26.0 Å². The Hall–Kier alpha value is -0.930. The van der Waals surface area contributed by atoms with Crippen LogP contribution in [-0.4, -0.2) is 37.6 Å². The Balaban J connectivity index is 1.75. The number of benzene rings is 1. The molecule has 0 saturated heterocycles. The molecule has 0 bridgehead atoms. The lowest BCUT2D eigenvalue weighted by Crippen LogP contribution is -2.47. The smallest absolute Gasteiger partial charge is 0.123 e. The van der Waals surface area contributed by atoms with Crippen LogP contribution < -0.4 is 5.32 Å². The molecule has 2 rings (SSSR count). The molecule has 0 amide bonds. The van der Waals surface area contributed by atoms with Crippen LogP contribution in [0.2, 0.25) is 0 Å². The number of likely N-dealkylation sites (N-methyl/N-ethyl adjacent to an activating group) is 1. The number of hydrogen-bond acceptors (Lipinski definition) is 2. The summed E-state index contributed by atoms with van der Waals surface area (Å²) in [5, 5.41) is 3.68. The monoisotopic (exact) mass is 292 g/mol. The average molecular weight is 292 g/mol. The Kier molecular flexibility index (Phi) is 5.77. The van der Waals surface area contributed by atoms with Crippen LogP contribution in [0.4, 0.5) is 4.39 Å². The van der Waals surface area contributed by atoms with Gasteiger partial charge in [-0.15, -0.1) is 0 Å². The molecule has 1 atom stereocenters. The van der Waals surface area contributed by atoms with Crippen LogP contribution >= 0.6 is 0 Å². The molecule has 0 aliphatic heterocycles. The predicted octanol–water partition coefficient (Wildman–Crippen LogP) is 3.64. The van der Waals surface area contributed by atoms with Crippen molar-refractivity contribution in [3.05, 3.63) is 35.6 Å². The first-order chi connectivity index (χ1) is 9.95. The molecular weight excluding hydrogens is 263 g/mol. The van der Waals surface area contributed by atoms with Gasteiger partial charge in [0.1, 0.15) is 5.82 Å². The van der Waals surface area contributed by atoms with E-state index < -0.39 is 0 Å². The SMILES string of the molecule is CC(C)CC(CNC1CC(c2cccc(F)c2)C1)N(C)C. The topological polar surface area (TPSA) is 15.3 Å². The molecule has 0 heterocycles. The molecule has 1 N–H and O–H groups in total. The van der Waals surface area contributed by atoms with E-state index in [1.165, 1.54) is 12.5 Å². The highest BCUT2D eigenvalue weighted by Gasteiger charge is 2.30. The van der Waals surface area contributed by atoms with Crippen molar-refractivity contribution in [1.82, 2.24) is 10.2 Å². The summed E-state index contributed by atoms with van der Waals surface area (Å²) in [6.07, 6.45) is 3.48. The predicted molar refractivity (Wildman–Crippen MR) is 87.1 cm³/mol. The first kappa shape index (κ1) is 16.4. The number of halogens is 1. The van der Waals surface area contributed by atoms with E-state index >= 15 is 0 Å². The Morgan fingerprint density at radius 2 is 2.00 bits per heavy atom. The minimum atomic E-state index is -0.117. The van der Waals surface area contributed by atoms with Crippen molar-refractivity contribution >= 4 is 0 Å². The van der Waals surface area contributed by atoms with Crippen molar-refractivity contribution in [1.29, 1.82) is 0 Å². The number of nitrogens with zero attached hydrogens (tertiary/aromatic N) is 1. The maximum absolute atomic E-state index is 13.2. The van der Waals surface area contributed by atoms with Gasteiger partial charge in [0.15, 0.2) is 0 Å². The minimum Gasteiger partial charge on any atom is -0.312 e.